The van der Waals surface area contributed by atoms with E-state index in [9.17, 15) is 13.2 Å². The fraction of sp³-hybridized carbons (Fsp3) is 0.222. The van der Waals surface area contributed by atoms with Gasteiger partial charge in [-0.05, 0) is 71.8 Å². The van der Waals surface area contributed by atoms with Gasteiger partial charge in [-0.1, -0.05) is 29.8 Å². The van der Waals surface area contributed by atoms with Crippen molar-refractivity contribution in [1.29, 1.82) is 0 Å². The number of carbonyl (C=O) groups is 1. The second kappa shape index (κ2) is 9.03. The van der Waals surface area contributed by atoms with E-state index in [0.717, 1.165) is 25.3 Å². The lowest BCUT2D eigenvalue weighted by atomic mass is 10.1. The fourth-order valence-electron chi connectivity index (χ4n) is 2.23. The monoisotopic (exact) mass is 519 g/mol. The van der Waals surface area contributed by atoms with E-state index in [4.69, 9.17) is 11.6 Å². The molecule has 2 rings (SSSR count). The minimum absolute atomic E-state index is 0.321. The van der Waals surface area contributed by atoms with Gasteiger partial charge in [0, 0.05) is 8.59 Å². The number of rotatable bonds is 6. The van der Waals surface area contributed by atoms with Gasteiger partial charge in [0.1, 0.15) is 6.54 Å². The van der Waals surface area contributed by atoms with Crippen molar-refractivity contribution in [1.82, 2.24) is 5.43 Å². The van der Waals surface area contributed by atoms with Crippen LogP contribution in [0, 0.1) is 10.5 Å². The topological polar surface area (TPSA) is 78.8 Å². The Labute approximate surface area is 177 Å². The maximum atomic E-state index is 12.3. The molecule has 27 heavy (non-hydrogen) atoms. The lowest BCUT2D eigenvalue weighted by molar-refractivity contribution is -0.119. The fourth-order valence-corrected chi connectivity index (χ4v) is 3.79. The average Bonchev–Trinajstić information content (AvgIpc) is 2.59. The summed E-state index contributed by atoms with van der Waals surface area (Å²) in [6.07, 6.45) is 1.04. The quantitative estimate of drug-likeness (QED) is 0.360. The maximum absolute atomic E-state index is 12.3. The molecule has 2 aromatic rings. The van der Waals surface area contributed by atoms with Gasteiger partial charge in [0.15, 0.2) is 0 Å². The van der Waals surface area contributed by atoms with Crippen LogP contribution in [0.15, 0.2) is 47.6 Å². The number of anilines is 1. The highest BCUT2D eigenvalue weighted by molar-refractivity contribution is 14.1. The minimum Gasteiger partial charge on any atom is -0.271 e. The normalized spacial score (nSPS) is 12.0. The third-order valence-electron chi connectivity index (χ3n) is 3.72. The number of hydrazone groups is 1. The van der Waals surface area contributed by atoms with E-state index in [1.54, 1.807) is 19.1 Å². The summed E-state index contributed by atoms with van der Waals surface area (Å²) in [4.78, 5) is 12.3. The summed E-state index contributed by atoms with van der Waals surface area (Å²) in [7, 11) is -3.67. The summed E-state index contributed by atoms with van der Waals surface area (Å²) in [6, 6.07) is 12.5. The largest absolute Gasteiger partial charge is 0.271 e. The van der Waals surface area contributed by atoms with Gasteiger partial charge in [-0.25, -0.2) is 13.8 Å². The predicted octanol–water partition coefficient (Wildman–Crippen LogP) is 3.56. The van der Waals surface area contributed by atoms with Crippen LogP contribution in [0.3, 0.4) is 0 Å². The van der Waals surface area contributed by atoms with Crippen LogP contribution >= 0.6 is 34.2 Å². The molecule has 0 aliphatic rings. The molecule has 0 atom stereocenters. The first kappa shape index (κ1) is 21.6. The molecule has 0 saturated carbocycles. The Bertz CT molecular complexity index is 993. The van der Waals surface area contributed by atoms with E-state index in [1.165, 1.54) is 6.07 Å². The van der Waals surface area contributed by atoms with Gasteiger partial charge in [0.25, 0.3) is 5.91 Å². The summed E-state index contributed by atoms with van der Waals surface area (Å²) in [6.45, 7) is 3.17. The maximum Gasteiger partial charge on any atom is 0.260 e. The predicted molar refractivity (Wildman–Crippen MR) is 118 cm³/mol. The van der Waals surface area contributed by atoms with Crippen molar-refractivity contribution in [3.8, 4) is 0 Å². The number of benzene rings is 2. The van der Waals surface area contributed by atoms with Crippen molar-refractivity contribution in [3.63, 3.8) is 0 Å². The van der Waals surface area contributed by atoms with Crippen LogP contribution in [0.1, 0.15) is 18.1 Å². The van der Waals surface area contributed by atoms with Gasteiger partial charge in [-0.2, -0.15) is 5.10 Å². The summed E-state index contributed by atoms with van der Waals surface area (Å²) < 4.78 is 26.3. The molecule has 2 aromatic carbocycles. The highest BCUT2D eigenvalue weighted by Crippen LogP contribution is 2.24. The van der Waals surface area contributed by atoms with Crippen LogP contribution in [0.2, 0.25) is 5.02 Å². The number of halogens is 2. The summed E-state index contributed by atoms with van der Waals surface area (Å²) in [5.74, 6) is -0.554. The first-order chi connectivity index (χ1) is 12.6. The van der Waals surface area contributed by atoms with Gasteiger partial charge in [-0.3, -0.25) is 9.10 Å². The van der Waals surface area contributed by atoms with Crippen LogP contribution in [0.4, 0.5) is 5.69 Å². The van der Waals surface area contributed by atoms with E-state index in [-0.39, 0.29) is 0 Å². The second-order valence-electron chi connectivity index (χ2n) is 5.95. The van der Waals surface area contributed by atoms with Gasteiger partial charge < -0.3 is 0 Å². The number of sulfonamides is 1. The lowest BCUT2D eigenvalue weighted by Crippen LogP contribution is -2.39. The van der Waals surface area contributed by atoms with Crippen LogP contribution in [-0.4, -0.2) is 32.8 Å². The molecular weight excluding hydrogens is 501 g/mol. The Morgan fingerprint density at radius 2 is 1.96 bits per heavy atom. The molecule has 0 unspecified atom stereocenters. The van der Waals surface area contributed by atoms with Gasteiger partial charge >= 0.3 is 0 Å². The van der Waals surface area contributed by atoms with Crippen LogP contribution < -0.4 is 9.73 Å². The first-order valence-corrected chi connectivity index (χ1v) is 11.2. The van der Waals surface area contributed by atoms with Crippen LogP contribution in [0.5, 0.6) is 0 Å². The van der Waals surface area contributed by atoms with Crippen molar-refractivity contribution in [2.75, 3.05) is 17.1 Å². The second-order valence-corrected chi connectivity index (χ2v) is 9.51. The summed E-state index contributed by atoms with van der Waals surface area (Å²) in [5, 5.41) is 4.49. The highest BCUT2D eigenvalue weighted by Gasteiger charge is 2.21. The average molecular weight is 520 g/mol. The molecule has 0 heterocycles. The number of nitrogens with one attached hydrogen (secondary N) is 1. The number of nitrogens with zero attached hydrogens (tertiary/aromatic N) is 2. The SMILES string of the molecule is C/C(=N/NC(=O)CN(c1ccc(C)c(Cl)c1)S(C)(=O)=O)c1cccc(I)c1. The van der Waals surface area contributed by atoms with Crippen molar-refractivity contribution >= 4 is 61.5 Å². The van der Waals surface area contributed by atoms with E-state index >= 15 is 0 Å². The Balaban J connectivity index is 2.17. The Morgan fingerprint density at radius 3 is 2.56 bits per heavy atom. The lowest BCUT2D eigenvalue weighted by Gasteiger charge is -2.22. The Hall–Kier alpha value is -1.65. The number of carbonyl (C=O) groups excluding carboxylic acids is 1. The zero-order valence-electron chi connectivity index (χ0n) is 15.0. The van der Waals surface area contributed by atoms with E-state index in [2.05, 4.69) is 33.1 Å². The number of aryl methyl sites for hydroxylation is 1. The molecular formula is C18H19ClIN3O3S. The molecule has 0 aliphatic carbocycles. The zero-order chi connectivity index (χ0) is 20.2. The van der Waals surface area contributed by atoms with Crippen LogP contribution in [-0.2, 0) is 14.8 Å². The van der Waals surface area contributed by atoms with Crippen molar-refractivity contribution < 1.29 is 13.2 Å². The molecule has 9 heteroatoms. The molecule has 144 valence electrons. The zero-order valence-corrected chi connectivity index (χ0v) is 18.8. The number of hydrogen-bond acceptors (Lipinski definition) is 4. The Kier molecular flexibility index (Phi) is 7.24. The molecule has 0 fully saturated rings. The van der Waals surface area contributed by atoms with Crippen molar-refractivity contribution in [2.45, 2.75) is 13.8 Å². The summed E-state index contributed by atoms with van der Waals surface area (Å²) in [5.41, 5.74) is 5.03. The van der Waals surface area contributed by atoms with Crippen molar-refractivity contribution in [3.05, 3.63) is 62.2 Å². The minimum atomic E-state index is -3.67. The third-order valence-corrected chi connectivity index (χ3v) is 5.94. The first-order valence-electron chi connectivity index (χ1n) is 7.91. The number of hydrogen-bond donors (Lipinski definition) is 1. The van der Waals surface area contributed by atoms with E-state index < -0.39 is 22.5 Å². The molecule has 0 radical (unpaired) electrons. The molecule has 0 bridgehead atoms. The van der Waals surface area contributed by atoms with Gasteiger partial charge in [0.2, 0.25) is 10.0 Å². The van der Waals surface area contributed by atoms with Crippen molar-refractivity contribution in [2.24, 2.45) is 5.10 Å². The molecule has 0 saturated heterocycles. The molecule has 0 spiro atoms. The standard InChI is InChI=1S/C18H19ClIN3O3S/c1-12-7-8-16(10-17(12)19)23(27(3,25)26)11-18(24)22-21-13(2)14-5-4-6-15(20)9-14/h4-10H,11H2,1-3H3,(H,22,24)/b21-13-. The molecule has 1 N–H and O–H groups in total. The molecule has 0 aromatic heterocycles. The highest BCUT2D eigenvalue weighted by atomic mass is 127. The van der Waals surface area contributed by atoms with Gasteiger partial charge in [-0.15, -0.1) is 0 Å². The van der Waals surface area contributed by atoms with Crippen LogP contribution in [0.25, 0.3) is 0 Å². The molecule has 1 amide bonds. The van der Waals surface area contributed by atoms with E-state index in [0.29, 0.717) is 16.4 Å². The smallest absolute Gasteiger partial charge is 0.260 e. The molecule has 0 aliphatic heterocycles. The third kappa shape index (κ3) is 6.18. The van der Waals surface area contributed by atoms with E-state index in [1.807, 2.05) is 31.2 Å². The Morgan fingerprint density at radius 1 is 1.26 bits per heavy atom. The summed E-state index contributed by atoms with van der Waals surface area (Å²) >= 11 is 8.27. The number of amides is 1. The molecule has 6 nitrogen and oxygen atoms in total. The van der Waals surface area contributed by atoms with Gasteiger partial charge in [0.05, 0.1) is 17.7 Å².